The smallest absolute Gasteiger partial charge is 0.250 e. The maximum Gasteiger partial charge on any atom is 0.250 e. The zero-order valence-corrected chi connectivity index (χ0v) is 9.71. The second kappa shape index (κ2) is 4.45. The Kier molecular flexibility index (Phi) is 3.21. The summed E-state index contributed by atoms with van der Waals surface area (Å²) in [5.74, 6) is 0.174. The van der Waals surface area contributed by atoms with Crippen molar-refractivity contribution in [2.24, 2.45) is 11.7 Å². The summed E-state index contributed by atoms with van der Waals surface area (Å²) in [6.45, 7) is 0.677. The third-order valence-electron chi connectivity index (χ3n) is 2.58. The molecule has 5 heteroatoms. The van der Waals surface area contributed by atoms with Crippen molar-refractivity contribution in [3.05, 3.63) is 22.6 Å². The van der Waals surface area contributed by atoms with Crippen LogP contribution >= 0.6 is 15.9 Å². The Morgan fingerprint density at radius 2 is 2.33 bits per heavy atom. The molecule has 0 bridgehead atoms. The Morgan fingerprint density at radius 3 is 2.93 bits per heavy atom. The minimum absolute atomic E-state index is 0.0710. The first-order valence-corrected chi connectivity index (χ1v) is 5.66. The van der Waals surface area contributed by atoms with Crippen molar-refractivity contribution in [1.82, 2.24) is 4.98 Å². The Balaban J connectivity index is 1.94. The van der Waals surface area contributed by atoms with E-state index in [1.54, 1.807) is 0 Å². The number of pyridine rings is 1. The van der Waals surface area contributed by atoms with Crippen LogP contribution < -0.4 is 10.5 Å². The molecule has 0 amide bonds. The summed E-state index contributed by atoms with van der Waals surface area (Å²) < 4.78 is 19.3. The largest absolute Gasteiger partial charge is 0.472 e. The summed E-state index contributed by atoms with van der Waals surface area (Å²) in [6, 6.07) is 1.35. The maximum atomic E-state index is 13.3. The van der Waals surface area contributed by atoms with Gasteiger partial charge in [0.25, 0.3) is 5.88 Å². The van der Waals surface area contributed by atoms with Gasteiger partial charge in [-0.3, -0.25) is 0 Å². The van der Waals surface area contributed by atoms with Gasteiger partial charge in [0.15, 0.2) is 5.82 Å². The van der Waals surface area contributed by atoms with Crippen LogP contribution in [0.15, 0.2) is 16.7 Å². The third-order valence-corrected chi connectivity index (χ3v) is 3.01. The van der Waals surface area contributed by atoms with E-state index in [1.165, 1.54) is 12.3 Å². The Hall–Kier alpha value is -0.680. The van der Waals surface area contributed by atoms with Gasteiger partial charge in [0, 0.05) is 10.7 Å². The van der Waals surface area contributed by atoms with E-state index in [1.807, 2.05) is 0 Å². The molecule has 1 saturated carbocycles. The molecule has 2 N–H and O–H groups in total. The molecule has 3 nitrogen and oxygen atoms in total. The fourth-order valence-corrected chi connectivity index (χ4v) is 1.91. The lowest BCUT2D eigenvalue weighted by Crippen LogP contribution is -2.38. The molecule has 1 aliphatic carbocycles. The molecule has 0 aromatic carbocycles. The van der Waals surface area contributed by atoms with Gasteiger partial charge in [-0.2, -0.15) is 0 Å². The second-order valence-corrected chi connectivity index (χ2v) is 4.67. The van der Waals surface area contributed by atoms with Gasteiger partial charge in [-0.15, -0.1) is 0 Å². The fraction of sp³-hybridized carbons (Fsp3) is 0.500. The molecule has 0 aliphatic heterocycles. The average Bonchev–Trinajstić information content (AvgIpc) is 2.13. The summed E-state index contributed by atoms with van der Waals surface area (Å²) in [7, 11) is 0. The minimum Gasteiger partial charge on any atom is -0.472 e. The summed E-state index contributed by atoms with van der Waals surface area (Å²) in [4.78, 5) is 3.88. The van der Waals surface area contributed by atoms with Gasteiger partial charge in [0.1, 0.15) is 6.10 Å². The van der Waals surface area contributed by atoms with Crippen molar-refractivity contribution >= 4 is 15.9 Å². The monoisotopic (exact) mass is 274 g/mol. The molecule has 1 fully saturated rings. The van der Waals surface area contributed by atoms with E-state index in [4.69, 9.17) is 10.5 Å². The van der Waals surface area contributed by atoms with Crippen molar-refractivity contribution in [2.75, 3.05) is 6.54 Å². The minimum atomic E-state index is -0.430. The first kappa shape index (κ1) is 10.8. The summed E-state index contributed by atoms with van der Waals surface area (Å²) in [5, 5.41) is 0. The van der Waals surface area contributed by atoms with Crippen molar-refractivity contribution < 1.29 is 9.13 Å². The van der Waals surface area contributed by atoms with E-state index in [0.29, 0.717) is 16.9 Å². The SMILES string of the molecule is NCC1CC(Oc2ncc(Br)cc2F)C1. The molecule has 0 unspecified atom stereocenters. The lowest BCUT2D eigenvalue weighted by molar-refractivity contribution is 0.0608. The lowest BCUT2D eigenvalue weighted by Gasteiger charge is -2.34. The molecule has 2 rings (SSSR count). The number of rotatable bonds is 3. The molecular weight excluding hydrogens is 263 g/mol. The van der Waals surface area contributed by atoms with Crippen LogP contribution in [-0.4, -0.2) is 17.6 Å². The Labute approximate surface area is 96.0 Å². The van der Waals surface area contributed by atoms with Crippen molar-refractivity contribution in [3.63, 3.8) is 0 Å². The molecule has 15 heavy (non-hydrogen) atoms. The van der Waals surface area contributed by atoms with Crippen LogP contribution in [0.3, 0.4) is 0 Å². The van der Waals surface area contributed by atoms with Crippen LogP contribution in [0.5, 0.6) is 5.88 Å². The van der Waals surface area contributed by atoms with Gasteiger partial charge >= 0.3 is 0 Å². The Bertz CT molecular complexity index is 355. The highest BCUT2D eigenvalue weighted by Gasteiger charge is 2.30. The quantitative estimate of drug-likeness (QED) is 0.919. The van der Waals surface area contributed by atoms with Gasteiger partial charge in [-0.05, 0) is 47.3 Å². The molecule has 1 aromatic rings. The van der Waals surface area contributed by atoms with E-state index in [0.717, 1.165) is 12.8 Å². The van der Waals surface area contributed by atoms with Gasteiger partial charge in [-0.1, -0.05) is 0 Å². The average molecular weight is 275 g/mol. The first-order valence-electron chi connectivity index (χ1n) is 4.87. The van der Waals surface area contributed by atoms with Crippen molar-refractivity contribution in [1.29, 1.82) is 0 Å². The summed E-state index contributed by atoms with van der Waals surface area (Å²) in [6.07, 6.45) is 3.39. The van der Waals surface area contributed by atoms with Crippen molar-refractivity contribution in [3.8, 4) is 5.88 Å². The molecule has 0 atom stereocenters. The molecule has 82 valence electrons. The van der Waals surface area contributed by atoms with Gasteiger partial charge in [0.05, 0.1) is 0 Å². The topological polar surface area (TPSA) is 48.1 Å². The van der Waals surface area contributed by atoms with E-state index >= 15 is 0 Å². The molecular formula is C10H12BrFN2O. The van der Waals surface area contributed by atoms with Crippen LogP contribution in [0.25, 0.3) is 0 Å². The standard InChI is InChI=1S/C10H12BrFN2O/c11-7-3-9(12)10(14-5-7)15-8-1-6(2-8)4-13/h3,5-6,8H,1-2,4,13H2. The van der Waals surface area contributed by atoms with Gasteiger partial charge < -0.3 is 10.5 Å². The number of nitrogens with zero attached hydrogens (tertiary/aromatic N) is 1. The Morgan fingerprint density at radius 1 is 1.60 bits per heavy atom. The van der Waals surface area contributed by atoms with Crippen LogP contribution in [0, 0.1) is 11.7 Å². The van der Waals surface area contributed by atoms with E-state index in [9.17, 15) is 4.39 Å². The molecule has 0 spiro atoms. The van der Waals surface area contributed by atoms with Crippen LogP contribution in [0.1, 0.15) is 12.8 Å². The third kappa shape index (κ3) is 2.46. The molecule has 1 aromatic heterocycles. The van der Waals surface area contributed by atoms with Crippen molar-refractivity contribution in [2.45, 2.75) is 18.9 Å². The summed E-state index contributed by atoms with van der Waals surface area (Å²) in [5.41, 5.74) is 5.49. The highest BCUT2D eigenvalue weighted by atomic mass is 79.9. The number of nitrogens with two attached hydrogens (primary N) is 1. The zero-order valence-electron chi connectivity index (χ0n) is 8.12. The van der Waals surface area contributed by atoms with E-state index < -0.39 is 5.82 Å². The number of ether oxygens (including phenoxy) is 1. The van der Waals surface area contributed by atoms with E-state index in [-0.39, 0.29) is 12.0 Å². The zero-order chi connectivity index (χ0) is 10.8. The normalized spacial score (nSPS) is 24.7. The van der Waals surface area contributed by atoms with Crippen LogP contribution in [-0.2, 0) is 0 Å². The fourth-order valence-electron chi connectivity index (χ4n) is 1.61. The van der Waals surface area contributed by atoms with Crippen LogP contribution in [0.4, 0.5) is 4.39 Å². The summed E-state index contributed by atoms with van der Waals surface area (Å²) >= 11 is 3.14. The van der Waals surface area contributed by atoms with Crippen LogP contribution in [0.2, 0.25) is 0 Å². The lowest BCUT2D eigenvalue weighted by atomic mass is 9.82. The number of hydrogen-bond donors (Lipinski definition) is 1. The van der Waals surface area contributed by atoms with Gasteiger partial charge in [-0.25, -0.2) is 9.37 Å². The first-order chi connectivity index (χ1) is 7.19. The highest BCUT2D eigenvalue weighted by Crippen LogP contribution is 2.31. The molecule has 1 aliphatic rings. The van der Waals surface area contributed by atoms with Gasteiger partial charge in [0.2, 0.25) is 0 Å². The number of aromatic nitrogens is 1. The number of halogens is 2. The maximum absolute atomic E-state index is 13.3. The number of hydrogen-bond acceptors (Lipinski definition) is 3. The predicted octanol–water partition coefficient (Wildman–Crippen LogP) is 2.10. The highest BCUT2D eigenvalue weighted by molar-refractivity contribution is 9.10. The molecule has 0 radical (unpaired) electrons. The predicted molar refractivity (Wildman–Crippen MR) is 58.1 cm³/mol. The second-order valence-electron chi connectivity index (χ2n) is 3.75. The molecule has 0 saturated heterocycles. The van der Waals surface area contributed by atoms with E-state index in [2.05, 4.69) is 20.9 Å². The molecule has 1 heterocycles.